The average molecular weight is 473 g/mol. The number of rotatable bonds is 9. The van der Waals surface area contributed by atoms with Crippen molar-refractivity contribution in [3.8, 4) is 0 Å². The lowest BCUT2D eigenvalue weighted by atomic mass is 10.0. The predicted molar refractivity (Wildman–Crippen MR) is 132 cm³/mol. The van der Waals surface area contributed by atoms with Gasteiger partial charge in [-0.3, -0.25) is 0 Å². The topological polar surface area (TPSA) is 68.3 Å². The number of ether oxygens (including phenoxy) is 3. The molecule has 3 rings (SSSR count). The van der Waals surface area contributed by atoms with Gasteiger partial charge in [0, 0.05) is 37.6 Å². The van der Waals surface area contributed by atoms with Crippen molar-refractivity contribution in [2.45, 2.75) is 64.6 Å². The molecule has 1 saturated carbocycles. The molecule has 0 radical (unpaired) electrons. The number of nitrogens with zero attached hydrogens (tertiary/aromatic N) is 2. The molecule has 7 heteroatoms. The minimum absolute atomic E-state index is 0.0156. The number of methoxy groups -OCH3 is 1. The van der Waals surface area contributed by atoms with Gasteiger partial charge in [0.25, 0.3) is 0 Å². The summed E-state index contributed by atoms with van der Waals surface area (Å²) in [5, 5.41) is 0. The van der Waals surface area contributed by atoms with E-state index < -0.39 is 5.60 Å². The molecule has 1 heterocycles. The molecule has 1 aliphatic carbocycles. The molecule has 0 bridgehead atoms. The van der Waals surface area contributed by atoms with Crippen molar-refractivity contribution < 1.29 is 23.8 Å². The Labute approximate surface area is 204 Å². The third-order valence-corrected chi connectivity index (χ3v) is 6.45. The second-order valence-electron chi connectivity index (χ2n) is 10.3. The zero-order valence-corrected chi connectivity index (χ0v) is 21.3. The van der Waals surface area contributed by atoms with E-state index in [0.717, 1.165) is 38.9 Å². The molecule has 1 unspecified atom stereocenters. The highest BCUT2D eigenvalue weighted by Gasteiger charge is 2.48. The third-order valence-electron chi connectivity index (χ3n) is 6.45. The molecule has 0 spiro atoms. The highest BCUT2D eigenvalue weighted by molar-refractivity contribution is 5.70. The Hall–Kier alpha value is -2.38. The molecule has 2 fully saturated rings. The maximum atomic E-state index is 13.3. The van der Waals surface area contributed by atoms with Crippen LogP contribution in [0.3, 0.4) is 0 Å². The van der Waals surface area contributed by atoms with Gasteiger partial charge in [-0.25, -0.2) is 9.59 Å². The molecular formula is C27H40N2O5. The van der Waals surface area contributed by atoms with Gasteiger partial charge in [0.1, 0.15) is 12.2 Å². The summed E-state index contributed by atoms with van der Waals surface area (Å²) in [4.78, 5) is 28.8. The van der Waals surface area contributed by atoms with Crippen LogP contribution in [0.15, 0.2) is 35.9 Å². The normalized spacial score (nSPS) is 21.7. The Morgan fingerprint density at radius 1 is 1.15 bits per heavy atom. The molecule has 2 aliphatic rings. The van der Waals surface area contributed by atoms with Crippen LogP contribution in [-0.2, 0) is 19.0 Å². The quantitative estimate of drug-likeness (QED) is 0.393. The van der Waals surface area contributed by atoms with Gasteiger partial charge in [0.2, 0.25) is 0 Å². The van der Waals surface area contributed by atoms with Gasteiger partial charge in [-0.15, -0.1) is 0 Å². The number of benzene rings is 1. The zero-order chi connectivity index (χ0) is 24.7. The summed E-state index contributed by atoms with van der Waals surface area (Å²) in [5.41, 5.74) is 1.98. The first-order chi connectivity index (χ1) is 16.2. The van der Waals surface area contributed by atoms with E-state index in [1.165, 1.54) is 18.2 Å². The lowest BCUT2D eigenvalue weighted by Gasteiger charge is -2.39. The smallest absolute Gasteiger partial charge is 0.410 e. The van der Waals surface area contributed by atoms with Crippen LogP contribution in [0, 0.1) is 5.92 Å². The standard InChI is InChI=1S/C27H40N2O5/c1-20(17-21-9-7-6-8-10-21)23-18-24(23)29(26(31)34-27(2,3)4)22-11-13-28(14-12-22)15-16-33-19-25(30)32-5/h6-10,17,22-24H,11-16,18-19H2,1-5H3/t23?,24-/m0/s1. The summed E-state index contributed by atoms with van der Waals surface area (Å²) in [6.45, 7) is 11.0. The maximum Gasteiger partial charge on any atom is 0.410 e. The molecular weight excluding hydrogens is 432 g/mol. The van der Waals surface area contributed by atoms with Crippen LogP contribution in [0.5, 0.6) is 0 Å². The van der Waals surface area contributed by atoms with E-state index in [2.05, 4.69) is 34.8 Å². The summed E-state index contributed by atoms with van der Waals surface area (Å²) in [6.07, 6.45) is 4.82. The minimum Gasteiger partial charge on any atom is -0.467 e. The van der Waals surface area contributed by atoms with Gasteiger partial charge in [-0.05, 0) is 52.5 Å². The summed E-state index contributed by atoms with van der Waals surface area (Å²) in [6, 6.07) is 10.7. The Bertz CT molecular complexity index is 840. The fraction of sp³-hybridized carbons (Fsp3) is 0.630. The number of amides is 1. The first kappa shape index (κ1) is 26.2. The van der Waals surface area contributed by atoms with E-state index in [1.807, 2.05) is 43.9 Å². The molecule has 1 amide bonds. The Morgan fingerprint density at radius 3 is 2.44 bits per heavy atom. The Morgan fingerprint density at radius 2 is 1.82 bits per heavy atom. The van der Waals surface area contributed by atoms with Crippen molar-refractivity contribution >= 4 is 18.1 Å². The molecule has 2 atom stereocenters. The first-order valence-electron chi connectivity index (χ1n) is 12.3. The second kappa shape index (κ2) is 11.8. The van der Waals surface area contributed by atoms with E-state index in [4.69, 9.17) is 9.47 Å². The van der Waals surface area contributed by atoms with Crippen LogP contribution in [0.25, 0.3) is 6.08 Å². The number of likely N-dealkylation sites (tertiary alicyclic amines) is 1. The number of carbonyl (C=O) groups excluding carboxylic acids is 2. The molecule has 0 aromatic heterocycles. The minimum atomic E-state index is -0.522. The van der Waals surface area contributed by atoms with Crippen molar-refractivity contribution in [1.29, 1.82) is 0 Å². The molecule has 1 aromatic rings. The van der Waals surface area contributed by atoms with Gasteiger partial charge < -0.3 is 24.0 Å². The summed E-state index contributed by atoms with van der Waals surface area (Å²) in [5.74, 6) is 0.0137. The van der Waals surface area contributed by atoms with Gasteiger partial charge in [0.05, 0.1) is 13.7 Å². The molecule has 7 nitrogen and oxygen atoms in total. The molecule has 0 N–H and O–H groups in total. The first-order valence-corrected chi connectivity index (χ1v) is 12.3. The highest BCUT2D eigenvalue weighted by Crippen LogP contribution is 2.44. The molecule has 1 aromatic carbocycles. The molecule has 1 saturated heterocycles. The number of carbonyl (C=O) groups is 2. The fourth-order valence-electron chi connectivity index (χ4n) is 4.60. The largest absolute Gasteiger partial charge is 0.467 e. The Kier molecular flexibility index (Phi) is 9.14. The molecule has 1 aliphatic heterocycles. The number of hydrogen-bond acceptors (Lipinski definition) is 6. The van der Waals surface area contributed by atoms with Gasteiger partial charge >= 0.3 is 12.1 Å². The van der Waals surface area contributed by atoms with E-state index in [1.54, 1.807) is 0 Å². The highest BCUT2D eigenvalue weighted by atomic mass is 16.6. The van der Waals surface area contributed by atoms with Crippen molar-refractivity contribution in [3.05, 3.63) is 41.5 Å². The fourth-order valence-corrected chi connectivity index (χ4v) is 4.60. The predicted octanol–water partition coefficient (Wildman–Crippen LogP) is 4.37. The SMILES string of the molecule is COC(=O)COCCN1CCC(N(C(=O)OC(C)(C)C)[C@H]2CC2C(C)=Cc2ccccc2)CC1. The lowest BCUT2D eigenvalue weighted by Crippen LogP contribution is -2.50. The van der Waals surface area contributed by atoms with Gasteiger partial charge in [-0.2, -0.15) is 0 Å². The van der Waals surface area contributed by atoms with Crippen LogP contribution in [0.1, 0.15) is 52.5 Å². The number of piperidine rings is 1. The van der Waals surface area contributed by atoms with Crippen molar-refractivity contribution in [2.75, 3.05) is 40.0 Å². The number of hydrogen-bond donors (Lipinski definition) is 0. The van der Waals surface area contributed by atoms with Crippen LogP contribution in [0.4, 0.5) is 4.79 Å². The maximum absolute atomic E-state index is 13.3. The second-order valence-corrected chi connectivity index (χ2v) is 10.3. The van der Waals surface area contributed by atoms with E-state index in [9.17, 15) is 9.59 Å². The summed E-state index contributed by atoms with van der Waals surface area (Å²) in [7, 11) is 1.36. The summed E-state index contributed by atoms with van der Waals surface area (Å²) < 4.78 is 15.8. The van der Waals surface area contributed by atoms with Crippen LogP contribution in [-0.4, -0.2) is 79.5 Å². The van der Waals surface area contributed by atoms with Crippen LogP contribution < -0.4 is 0 Å². The third kappa shape index (κ3) is 7.84. The van der Waals surface area contributed by atoms with Crippen molar-refractivity contribution in [1.82, 2.24) is 9.80 Å². The lowest BCUT2D eigenvalue weighted by molar-refractivity contribution is -0.146. The monoisotopic (exact) mass is 472 g/mol. The van der Waals surface area contributed by atoms with E-state index in [-0.39, 0.29) is 30.8 Å². The Balaban J connectivity index is 1.59. The zero-order valence-electron chi connectivity index (χ0n) is 21.3. The summed E-state index contributed by atoms with van der Waals surface area (Å²) >= 11 is 0. The van der Waals surface area contributed by atoms with E-state index >= 15 is 0 Å². The molecule has 34 heavy (non-hydrogen) atoms. The van der Waals surface area contributed by atoms with Gasteiger partial charge in [0.15, 0.2) is 0 Å². The van der Waals surface area contributed by atoms with E-state index in [0.29, 0.717) is 12.5 Å². The van der Waals surface area contributed by atoms with Gasteiger partial charge in [-0.1, -0.05) is 42.0 Å². The van der Waals surface area contributed by atoms with Crippen LogP contribution >= 0.6 is 0 Å². The molecule has 188 valence electrons. The van der Waals surface area contributed by atoms with Crippen molar-refractivity contribution in [3.63, 3.8) is 0 Å². The average Bonchev–Trinajstić information content (AvgIpc) is 3.57. The number of esters is 1. The van der Waals surface area contributed by atoms with Crippen LogP contribution in [0.2, 0.25) is 0 Å². The van der Waals surface area contributed by atoms with Crippen molar-refractivity contribution in [2.24, 2.45) is 5.92 Å².